The van der Waals surface area contributed by atoms with Crippen LogP contribution in [0.5, 0.6) is 0 Å². The van der Waals surface area contributed by atoms with E-state index in [1.54, 1.807) is 6.07 Å². The molecule has 266 valence electrons. The molecule has 3 aliphatic heterocycles. The van der Waals surface area contributed by atoms with E-state index in [-0.39, 0.29) is 22.1 Å². The van der Waals surface area contributed by atoms with Gasteiger partial charge in [0.1, 0.15) is 5.82 Å². The van der Waals surface area contributed by atoms with Crippen molar-refractivity contribution in [1.82, 2.24) is 5.32 Å². The topological polar surface area (TPSA) is 37.0 Å². The zero-order chi connectivity index (χ0) is 34.5. The fourth-order valence-corrected chi connectivity index (χ4v) is 8.12. The number of hydrogen-bond acceptors (Lipinski definition) is 5. The maximum atomic E-state index is 15.1. The summed E-state index contributed by atoms with van der Waals surface area (Å²) in [4.78, 5) is 4.57. The van der Waals surface area contributed by atoms with Gasteiger partial charge < -0.3 is 24.6 Å². The number of benzene rings is 3. The summed E-state index contributed by atoms with van der Waals surface area (Å²) < 4.78 is 26.2. The highest BCUT2D eigenvalue weighted by atomic mass is 19.1. The SMILES string of the molecule is CC(C)(CCC(C)(CCC(C)(C)c1ccc(F)c(N2CCOCC2)c1)c1ccc(N2CCOCC2)cc1)c1ccc(C2CCNCC2)cc1. The van der Waals surface area contributed by atoms with Gasteiger partial charge in [-0.15, -0.1) is 0 Å². The normalized spacial score (nSPS) is 19.6. The quantitative estimate of drug-likeness (QED) is 0.209. The number of nitrogens with zero attached hydrogens (tertiary/aromatic N) is 2. The van der Waals surface area contributed by atoms with E-state index < -0.39 is 0 Å². The number of rotatable bonds is 12. The van der Waals surface area contributed by atoms with Gasteiger partial charge in [0, 0.05) is 31.9 Å². The summed E-state index contributed by atoms with van der Waals surface area (Å²) in [5.74, 6) is 0.536. The predicted octanol–water partition coefficient (Wildman–Crippen LogP) is 8.74. The molecule has 3 aliphatic rings. The highest BCUT2D eigenvalue weighted by molar-refractivity contribution is 5.52. The number of morpholine rings is 2. The van der Waals surface area contributed by atoms with E-state index in [9.17, 15) is 0 Å². The highest BCUT2D eigenvalue weighted by Gasteiger charge is 2.34. The van der Waals surface area contributed by atoms with Gasteiger partial charge in [0.2, 0.25) is 0 Å². The molecule has 49 heavy (non-hydrogen) atoms. The van der Waals surface area contributed by atoms with E-state index in [2.05, 4.69) is 104 Å². The number of halogens is 1. The Kier molecular flexibility index (Phi) is 11.4. The van der Waals surface area contributed by atoms with E-state index in [1.165, 1.54) is 40.8 Å². The van der Waals surface area contributed by atoms with Crippen molar-refractivity contribution in [3.63, 3.8) is 0 Å². The van der Waals surface area contributed by atoms with Crippen molar-refractivity contribution in [1.29, 1.82) is 0 Å². The molecule has 1 N–H and O–H groups in total. The number of anilines is 2. The van der Waals surface area contributed by atoms with E-state index >= 15 is 4.39 Å². The van der Waals surface area contributed by atoms with Crippen molar-refractivity contribution < 1.29 is 13.9 Å². The smallest absolute Gasteiger partial charge is 0.146 e. The molecule has 3 aromatic rings. The lowest BCUT2D eigenvalue weighted by Crippen LogP contribution is -2.37. The van der Waals surface area contributed by atoms with Crippen molar-refractivity contribution in [2.75, 3.05) is 75.5 Å². The molecule has 0 radical (unpaired) electrons. The Balaban J connectivity index is 1.21. The second kappa shape index (κ2) is 15.5. The van der Waals surface area contributed by atoms with Gasteiger partial charge in [0.25, 0.3) is 0 Å². The van der Waals surface area contributed by atoms with Crippen molar-refractivity contribution in [2.24, 2.45) is 0 Å². The summed E-state index contributed by atoms with van der Waals surface area (Å²) in [7, 11) is 0. The van der Waals surface area contributed by atoms with Gasteiger partial charge in [-0.2, -0.15) is 0 Å². The number of ether oxygens (including phenoxy) is 2. The second-order valence-corrected chi connectivity index (χ2v) is 16.4. The molecule has 5 nitrogen and oxygen atoms in total. The van der Waals surface area contributed by atoms with Crippen LogP contribution < -0.4 is 15.1 Å². The molecule has 0 amide bonds. The van der Waals surface area contributed by atoms with Crippen molar-refractivity contribution in [3.05, 3.63) is 94.8 Å². The van der Waals surface area contributed by atoms with Gasteiger partial charge in [-0.3, -0.25) is 0 Å². The fourth-order valence-electron chi connectivity index (χ4n) is 8.12. The molecule has 0 saturated carbocycles. The molecule has 3 aromatic carbocycles. The second-order valence-electron chi connectivity index (χ2n) is 16.4. The summed E-state index contributed by atoms with van der Waals surface area (Å²) in [5, 5.41) is 3.50. The van der Waals surface area contributed by atoms with Gasteiger partial charge in [-0.1, -0.05) is 77.1 Å². The van der Waals surface area contributed by atoms with E-state index in [0.29, 0.717) is 24.8 Å². The van der Waals surface area contributed by atoms with Crippen LogP contribution in [0.1, 0.15) is 101 Å². The summed E-state index contributed by atoms with van der Waals surface area (Å²) >= 11 is 0. The Morgan fingerprint density at radius 3 is 1.73 bits per heavy atom. The zero-order valence-electron chi connectivity index (χ0n) is 30.8. The van der Waals surface area contributed by atoms with Crippen LogP contribution in [-0.4, -0.2) is 65.7 Å². The van der Waals surface area contributed by atoms with Crippen LogP contribution in [0.2, 0.25) is 0 Å². The molecule has 1 atom stereocenters. The average molecular weight is 670 g/mol. The first-order valence-electron chi connectivity index (χ1n) is 18.9. The molecule has 3 heterocycles. The Morgan fingerprint density at radius 2 is 1.14 bits per heavy atom. The summed E-state index contributed by atoms with van der Waals surface area (Å²) in [6, 6.07) is 24.8. The summed E-state index contributed by atoms with van der Waals surface area (Å²) in [5.41, 5.74) is 7.46. The van der Waals surface area contributed by atoms with Gasteiger partial charge >= 0.3 is 0 Å². The minimum Gasteiger partial charge on any atom is -0.378 e. The molecule has 3 fully saturated rings. The Labute approximate surface area is 295 Å². The number of hydrogen-bond donors (Lipinski definition) is 1. The third kappa shape index (κ3) is 8.69. The molecular formula is C43H60FN3O2. The highest BCUT2D eigenvalue weighted by Crippen LogP contribution is 2.43. The molecule has 1 unspecified atom stereocenters. The van der Waals surface area contributed by atoms with Gasteiger partial charge in [0.15, 0.2) is 0 Å². The number of nitrogens with one attached hydrogen (secondary N) is 1. The Bertz CT molecular complexity index is 1490. The zero-order valence-corrected chi connectivity index (χ0v) is 30.8. The van der Waals surface area contributed by atoms with Crippen LogP contribution in [0.3, 0.4) is 0 Å². The molecule has 0 aliphatic carbocycles. The summed E-state index contributed by atoms with van der Waals surface area (Å²) in [6.45, 7) is 20.5. The molecule has 3 saturated heterocycles. The minimum absolute atomic E-state index is 0.0137. The van der Waals surface area contributed by atoms with Crippen LogP contribution in [0.25, 0.3) is 0 Å². The van der Waals surface area contributed by atoms with Gasteiger partial charge in [-0.05, 0) is 120 Å². The molecule has 0 spiro atoms. The van der Waals surface area contributed by atoms with Gasteiger partial charge in [-0.25, -0.2) is 4.39 Å². The first kappa shape index (κ1) is 35.9. The van der Waals surface area contributed by atoms with Crippen molar-refractivity contribution >= 4 is 11.4 Å². The van der Waals surface area contributed by atoms with Crippen molar-refractivity contribution in [2.45, 2.75) is 95.3 Å². The monoisotopic (exact) mass is 669 g/mol. The first-order chi connectivity index (χ1) is 23.5. The van der Waals surface area contributed by atoms with E-state index in [0.717, 1.165) is 78.2 Å². The molecule has 0 aromatic heterocycles. The first-order valence-corrected chi connectivity index (χ1v) is 18.9. The average Bonchev–Trinajstić information content (AvgIpc) is 3.14. The van der Waals surface area contributed by atoms with E-state index in [4.69, 9.17) is 9.47 Å². The van der Waals surface area contributed by atoms with Crippen LogP contribution in [0.15, 0.2) is 66.7 Å². The standard InChI is InChI=1S/C43H60FN3O2/c1-41(2,35-8-6-33(7-9-35)34-16-22-45-23-17-34)18-20-43(5,36-10-13-38(14-11-36)46-24-28-48-29-25-46)21-19-42(3,4)37-12-15-39(44)40(32-37)47-26-30-49-31-27-47/h6-15,32,34,45H,16-31H2,1-5H3. The summed E-state index contributed by atoms with van der Waals surface area (Å²) in [6.07, 6.45) is 6.70. The minimum atomic E-state index is -0.141. The molecule has 6 heteroatoms. The Morgan fingerprint density at radius 1 is 0.633 bits per heavy atom. The maximum absolute atomic E-state index is 15.1. The lowest BCUT2D eigenvalue weighted by molar-refractivity contribution is 0.122. The van der Waals surface area contributed by atoms with Crippen LogP contribution in [0.4, 0.5) is 15.8 Å². The third-order valence-electron chi connectivity index (χ3n) is 12.1. The van der Waals surface area contributed by atoms with Crippen molar-refractivity contribution in [3.8, 4) is 0 Å². The van der Waals surface area contributed by atoms with Crippen LogP contribution in [-0.2, 0) is 25.7 Å². The lowest BCUT2D eigenvalue weighted by atomic mass is 9.67. The van der Waals surface area contributed by atoms with Crippen LogP contribution in [0, 0.1) is 5.82 Å². The largest absolute Gasteiger partial charge is 0.378 e. The molecule has 6 rings (SSSR count). The number of piperidine rings is 1. The Hall–Kier alpha value is -2.93. The van der Waals surface area contributed by atoms with Crippen LogP contribution >= 0.6 is 0 Å². The third-order valence-corrected chi connectivity index (χ3v) is 12.1. The van der Waals surface area contributed by atoms with E-state index in [1.807, 2.05) is 6.07 Å². The van der Waals surface area contributed by atoms with Gasteiger partial charge in [0.05, 0.1) is 32.1 Å². The fraction of sp³-hybridized carbons (Fsp3) is 0.581. The molecule has 0 bridgehead atoms. The lowest BCUT2D eigenvalue weighted by Gasteiger charge is -2.38. The molecular weight excluding hydrogens is 609 g/mol. The predicted molar refractivity (Wildman–Crippen MR) is 202 cm³/mol. The maximum Gasteiger partial charge on any atom is 0.146 e.